The maximum absolute atomic E-state index is 12.7. The van der Waals surface area contributed by atoms with Crippen LogP contribution in [0.2, 0.25) is 0 Å². The molecule has 144 valence electrons. The Balaban J connectivity index is 1.80. The van der Waals surface area contributed by atoms with Crippen LogP contribution in [-0.2, 0) is 16.4 Å². The minimum Gasteiger partial charge on any atom is -0.467 e. The molecular formula is C15H17N5O5S2. The maximum atomic E-state index is 12.7. The molecule has 1 unspecified atom stereocenters. The van der Waals surface area contributed by atoms with Crippen LogP contribution in [0.1, 0.15) is 12.5 Å². The van der Waals surface area contributed by atoms with Gasteiger partial charge in [0.15, 0.2) is 0 Å². The zero-order valence-electron chi connectivity index (χ0n) is 14.7. The van der Waals surface area contributed by atoms with E-state index in [-0.39, 0.29) is 28.1 Å². The molecule has 0 spiro atoms. The lowest BCUT2D eigenvalue weighted by Gasteiger charge is -2.11. The number of nitrogens with zero attached hydrogens (tertiary/aromatic N) is 3. The van der Waals surface area contributed by atoms with Crippen molar-refractivity contribution in [1.29, 1.82) is 0 Å². The van der Waals surface area contributed by atoms with E-state index >= 15 is 0 Å². The highest BCUT2D eigenvalue weighted by atomic mass is 32.2. The Morgan fingerprint density at radius 1 is 1.19 bits per heavy atom. The van der Waals surface area contributed by atoms with Crippen molar-refractivity contribution in [3.05, 3.63) is 23.8 Å². The molecule has 1 atom stereocenters. The summed E-state index contributed by atoms with van der Waals surface area (Å²) in [5.41, 5.74) is 0.947. The second-order valence-corrected chi connectivity index (χ2v) is 8.67. The number of amides is 2. The molecule has 2 heterocycles. The first-order chi connectivity index (χ1) is 12.8. The Morgan fingerprint density at radius 2 is 1.85 bits per heavy atom. The molecule has 1 aromatic carbocycles. The molecule has 2 amide bonds. The zero-order valence-corrected chi connectivity index (χ0v) is 16.3. The van der Waals surface area contributed by atoms with E-state index in [2.05, 4.69) is 20.3 Å². The van der Waals surface area contributed by atoms with Gasteiger partial charge in [-0.25, -0.2) is 17.9 Å². The van der Waals surface area contributed by atoms with E-state index in [1.54, 1.807) is 6.07 Å². The van der Waals surface area contributed by atoms with E-state index in [1.165, 1.54) is 32.0 Å². The van der Waals surface area contributed by atoms with Crippen molar-refractivity contribution < 1.29 is 22.7 Å². The first kappa shape index (κ1) is 19.2. The van der Waals surface area contributed by atoms with Gasteiger partial charge in [0.05, 0.1) is 14.2 Å². The van der Waals surface area contributed by atoms with E-state index < -0.39 is 16.1 Å². The van der Waals surface area contributed by atoms with Gasteiger partial charge in [-0.2, -0.15) is 9.97 Å². The number of urea groups is 1. The van der Waals surface area contributed by atoms with Crippen molar-refractivity contribution in [3.8, 4) is 12.0 Å². The standard InChI is InChI=1S/C15H17N5O5S2/c1-8-7-9-5-4-6-10(11(9)26-8)27(22,23)20-13(21)16-12-17-14(24-2)19-15(18-12)25-3/h4-6,8H,7H2,1-3H3,(H2,16,17,18,19,20,21). The van der Waals surface area contributed by atoms with Crippen LogP contribution >= 0.6 is 11.8 Å². The first-order valence-corrected chi connectivity index (χ1v) is 10.1. The smallest absolute Gasteiger partial charge is 0.335 e. The molecule has 1 aliphatic rings. The molecule has 12 heteroatoms. The predicted octanol–water partition coefficient (Wildman–Crippen LogP) is 1.44. The number of hydrogen-bond donors (Lipinski definition) is 2. The van der Waals surface area contributed by atoms with Gasteiger partial charge in [0.2, 0.25) is 5.95 Å². The molecule has 0 radical (unpaired) electrons. The van der Waals surface area contributed by atoms with Gasteiger partial charge < -0.3 is 9.47 Å². The van der Waals surface area contributed by atoms with Gasteiger partial charge in [-0.3, -0.25) is 5.32 Å². The maximum Gasteiger partial charge on any atom is 0.335 e. The van der Waals surface area contributed by atoms with Crippen molar-refractivity contribution in [3.63, 3.8) is 0 Å². The molecule has 0 aliphatic carbocycles. The number of carbonyl (C=O) groups excluding carboxylic acids is 1. The number of carbonyl (C=O) groups is 1. The summed E-state index contributed by atoms with van der Waals surface area (Å²) in [5, 5.41) is 2.51. The van der Waals surface area contributed by atoms with Gasteiger partial charge in [0.1, 0.15) is 4.90 Å². The fourth-order valence-electron chi connectivity index (χ4n) is 2.50. The van der Waals surface area contributed by atoms with Gasteiger partial charge in [0, 0.05) is 10.1 Å². The Labute approximate surface area is 160 Å². The zero-order chi connectivity index (χ0) is 19.6. The normalized spacial score (nSPS) is 15.7. The number of rotatable bonds is 5. The lowest BCUT2D eigenvalue weighted by Crippen LogP contribution is -2.35. The second-order valence-electron chi connectivity index (χ2n) is 5.57. The second kappa shape index (κ2) is 7.56. The number of benzene rings is 1. The third kappa shape index (κ3) is 4.22. The quantitative estimate of drug-likeness (QED) is 0.750. The molecule has 3 rings (SSSR count). The SMILES string of the molecule is COc1nc(NC(=O)NS(=O)(=O)c2cccc3c2SC(C)C3)nc(OC)n1. The highest BCUT2D eigenvalue weighted by molar-refractivity contribution is 8.01. The molecule has 0 saturated carbocycles. The number of fused-ring (bicyclic) bond motifs is 1. The minimum atomic E-state index is -4.08. The Morgan fingerprint density at radius 3 is 2.48 bits per heavy atom. The summed E-state index contributed by atoms with van der Waals surface area (Å²) in [5.74, 6) is -0.215. The molecule has 1 aliphatic heterocycles. The molecule has 1 aromatic heterocycles. The van der Waals surface area contributed by atoms with Crippen LogP contribution in [0.5, 0.6) is 12.0 Å². The molecule has 0 bridgehead atoms. The van der Waals surface area contributed by atoms with Crippen LogP contribution in [0, 0.1) is 0 Å². The third-order valence-electron chi connectivity index (χ3n) is 3.59. The fraction of sp³-hybridized carbons (Fsp3) is 0.333. The molecule has 10 nitrogen and oxygen atoms in total. The van der Waals surface area contributed by atoms with Gasteiger partial charge in [-0.05, 0) is 18.1 Å². The van der Waals surface area contributed by atoms with Crippen LogP contribution in [0.25, 0.3) is 0 Å². The summed E-state index contributed by atoms with van der Waals surface area (Å²) in [6.07, 6.45) is 0.778. The van der Waals surface area contributed by atoms with Crippen molar-refractivity contribution in [2.24, 2.45) is 0 Å². The van der Waals surface area contributed by atoms with E-state index in [0.29, 0.717) is 4.90 Å². The summed E-state index contributed by atoms with van der Waals surface area (Å²) in [6.45, 7) is 2.02. The Kier molecular flexibility index (Phi) is 5.37. The molecule has 27 heavy (non-hydrogen) atoms. The molecule has 2 aromatic rings. The molecular weight excluding hydrogens is 394 g/mol. The van der Waals surface area contributed by atoms with Crippen LogP contribution in [0.3, 0.4) is 0 Å². The predicted molar refractivity (Wildman–Crippen MR) is 97.7 cm³/mol. The highest BCUT2D eigenvalue weighted by Crippen LogP contribution is 2.40. The fourth-order valence-corrected chi connectivity index (χ4v) is 5.16. The number of nitrogens with one attached hydrogen (secondary N) is 2. The van der Waals surface area contributed by atoms with Crippen molar-refractivity contribution >= 4 is 33.8 Å². The van der Waals surface area contributed by atoms with Gasteiger partial charge in [0.25, 0.3) is 10.0 Å². The molecule has 0 fully saturated rings. The number of thioether (sulfide) groups is 1. The van der Waals surface area contributed by atoms with Crippen LogP contribution in [-0.4, -0.2) is 48.9 Å². The van der Waals surface area contributed by atoms with Crippen molar-refractivity contribution in [2.75, 3.05) is 19.5 Å². The largest absolute Gasteiger partial charge is 0.467 e. The monoisotopic (exact) mass is 411 g/mol. The topological polar surface area (TPSA) is 132 Å². The summed E-state index contributed by atoms with van der Waals surface area (Å²) in [4.78, 5) is 24.3. The van der Waals surface area contributed by atoms with E-state index in [9.17, 15) is 13.2 Å². The van der Waals surface area contributed by atoms with E-state index in [1.807, 2.05) is 17.7 Å². The van der Waals surface area contributed by atoms with Gasteiger partial charge in [-0.1, -0.05) is 19.1 Å². The van der Waals surface area contributed by atoms with Crippen LogP contribution < -0.4 is 19.5 Å². The number of aromatic nitrogens is 3. The lowest BCUT2D eigenvalue weighted by molar-refractivity contribution is 0.256. The number of methoxy groups -OCH3 is 2. The van der Waals surface area contributed by atoms with Gasteiger partial charge in [-0.15, -0.1) is 16.7 Å². The number of anilines is 1. The summed E-state index contributed by atoms with van der Waals surface area (Å²) in [7, 11) is -1.41. The molecule has 2 N–H and O–H groups in total. The third-order valence-corrected chi connectivity index (χ3v) is 6.38. The number of sulfonamides is 1. The van der Waals surface area contributed by atoms with Crippen molar-refractivity contribution in [2.45, 2.75) is 28.4 Å². The van der Waals surface area contributed by atoms with E-state index in [4.69, 9.17) is 9.47 Å². The summed E-state index contributed by atoms with van der Waals surface area (Å²) >= 11 is 1.47. The molecule has 0 saturated heterocycles. The van der Waals surface area contributed by atoms with E-state index in [0.717, 1.165) is 12.0 Å². The van der Waals surface area contributed by atoms with Crippen LogP contribution in [0.4, 0.5) is 10.7 Å². The summed E-state index contributed by atoms with van der Waals surface area (Å²) < 4.78 is 37.0. The highest BCUT2D eigenvalue weighted by Gasteiger charge is 2.28. The minimum absolute atomic E-state index is 0.0651. The Hall–Kier alpha value is -2.60. The lowest BCUT2D eigenvalue weighted by atomic mass is 10.1. The average molecular weight is 411 g/mol. The van der Waals surface area contributed by atoms with Crippen molar-refractivity contribution in [1.82, 2.24) is 19.7 Å². The number of ether oxygens (including phenoxy) is 2. The summed E-state index contributed by atoms with van der Waals surface area (Å²) in [6, 6.07) is 3.81. The Bertz CT molecular complexity index is 960. The first-order valence-electron chi connectivity index (χ1n) is 7.79. The average Bonchev–Trinajstić information content (AvgIpc) is 3.00. The van der Waals surface area contributed by atoms with Gasteiger partial charge >= 0.3 is 18.1 Å². The van der Waals surface area contributed by atoms with Crippen LogP contribution in [0.15, 0.2) is 28.0 Å². The number of hydrogen-bond acceptors (Lipinski definition) is 9.